The Labute approximate surface area is 166 Å². The second-order valence-electron chi connectivity index (χ2n) is 6.29. The second-order valence-corrected chi connectivity index (χ2v) is 6.29. The number of H-pyrrole nitrogens is 1. The van der Waals surface area contributed by atoms with Gasteiger partial charge >= 0.3 is 5.97 Å². The highest BCUT2D eigenvalue weighted by atomic mass is 16.5. The zero-order valence-corrected chi connectivity index (χ0v) is 15.6. The van der Waals surface area contributed by atoms with Gasteiger partial charge in [-0.05, 0) is 54.6 Å². The number of ketones is 1. The standard InChI is InChI=1S/C22H17N3O4/c1-28-17-7-4-14(5-8-17)21-24-18-9-6-15(11-19(18)25-21)22(27)29-13-20(26)16-3-2-10-23-12-16/h2-12H,13H2,1H3,(H,24,25). The number of esters is 1. The molecule has 7 heteroatoms. The number of ether oxygens (including phenoxy) is 2. The molecule has 0 radical (unpaired) electrons. The first-order chi connectivity index (χ1) is 14.1. The van der Waals surface area contributed by atoms with Crippen LogP contribution in [0, 0.1) is 0 Å². The van der Waals surface area contributed by atoms with Gasteiger partial charge < -0.3 is 14.5 Å². The molecule has 0 saturated carbocycles. The number of imidazole rings is 1. The molecular formula is C22H17N3O4. The Balaban J connectivity index is 1.49. The summed E-state index contributed by atoms with van der Waals surface area (Å²) >= 11 is 0. The van der Waals surface area contributed by atoms with Crippen molar-refractivity contribution >= 4 is 22.8 Å². The Morgan fingerprint density at radius 1 is 1.03 bits per heavy atom. The molecule has 4 aromatic rings. The zero-order chi connectivity index (χ0) is 20.2. The number of pyridine rings is 1. The number of nitrogens with one attached hydrogen (secondary N) is 1. The minimum atomic E-state index is -0.579. The molecule has 0 aliphatic heterocycles. The van der Waals surface area contributed by atoms with Gasteiger partial charge in [0.2, 0.25) is 5.78 Å². The summed E-state index contributed by atoms with van der Waals surface area (Å²) < 4.78 is 10.3. The van der Waals surface area contributed by atoms with Gasteiger partial charge in [0.1, 0.15) is 11.6 Å². The van der Waals surface area contributed by atoms with E-state index in [2.05, 4.69) is 15.0 Å². The molecule has 144 valence electrons. The van der Waals surface area contributed by atoms with Gasteiger partial charge in [0.05, 0.1) is 23.7 Å². The first-order valence-electron chi connectivity index (χ1n) is 8.88. The minimum Gasteiger partial charge on any atom is -0.497 e. The lowest BCUT2D eigenvalue weighted by Gasteiger charge is -2.04. The third-order valence-corrected chi connectivity index (χ3v) is 4.40. The molecule has 4 rings (SSSR count). The third kappa shape index (κ3) is 3.98. The number of carbonyl (C=O) groups is 2. The normalized spacial score (nSPS) is 10.7. The van der Waals surface area contributed by atoms with Crippen molar-refractivity contribution in [2.75, 3.05) is 13.7 Å². The first-order valence-corrected chi connectivity index (χ1v) is 8.88. The summed E-state index contributed by atoms with van der Waals surface area (Å²) in [5, 5.41) is 0. The van der Waals surface area contributed by atoms with Crippen LogP contribution in [-0.4, -0.2) is 40.4 Å². The molecule has 2 aromatic heterocycles. The average Bonchev–Trinajstić information content (AvgIpc) is 3.21. The smallest absolute Gasteiger partial charge is 0.338 e. The highest BCUT2D eigenvalue weighted by Crippen LogP contribution is 2.23. The molecule has 0 fully saturated rings. The fourth-order valence-corrected chi connectivity index (χ4v) is 2.85. The lowest BCUT2D eigenvalue weighted by Crippen LogP contribution is -2.14. The first kappa shape index (κ1) is 18.4. The van der Waals surface area contributed by atoms with E-state index in [1.807, 2.05) is 24.3 Å². The summed E-state index contributed by atoms with van der Waals surface area (Å²) in [7, 11) is 1.61. The molecule has 2 aromatic carbocycles. The van der Waals surface area contributed by atoms with Crippen molar-refractivity contribution in [1.29, 1.82) is 0 Å². The Morgan fingerprint density at radius 3 is 2.59 bits per heavy atom. The fraction of sp³-hybridized carbons (Fsp3) is 0.0909. The number of fused-ring (bicyclic) bond motifs is 1. The Bertz CT molecular complexity index is 1170. The van der Waals surface area contributed by atoms with E-state index in [4.69, 9.17) is 9.47 Å². The van der Waals surface area contributed by atoms with E-state index < -0.39 is 5.97 Å². The van der Waals surface area contributed by atoms with Crippen LogP contribution in [0.3, 0.4) is 0 Å². The van der Waals surface area contributed by atoms with Crippen molar-refractivity contribution in [2.45, 2.75) is 0 Å². The van der Waals surface area contributed by atoms with Gasteiger partial charge in [-0.2, -0.15) is 0 Å². The molecule has 2 heterocycles. The number of carbonyl (C=O) groups excluding carboxylic acids is 2. The van der Waals surface area contributed by atoms with Crippen molar-refractivity contribution in [3.63, 3.8) is 0 Å². The topological polar surface area (TPSA) is 94.2 Å². The summed E-state index contributed by atoms with van der Waals surface area (Å²) in [5.74, 6) is 0.552. The van der Waals surface area contributed by atoms with Crippen LogP contribution in [-0.2, 0) is 4.74 Å². The van der Waals surface area contributed by atoms with E-state index in [0.717, 1.165) is 16.8 Å². The summed E-state index contributed by atoms with van der Waals surface area (Å²) in [6.07, 6.45) is 3.01. The molecular weight excluding hydrogens is 370 g/mol. The van der Waals surface area contributed by atoms with Crippen LogP contribution < -0.4 is 4.74 Å². The Kier molecular flexibility index (Phi) is 5.03. The van der Waals surface area contributed by atoms with Gasteiger partial charge in [-0.15, -0.1) is 0 Å². The molecule has 0 amide bonds. The molecule has 0 aliphatic carbocycles. The van der Waals surface area contributed by atoms with Crippen molar-refractivity contribution in [3.8, 4) is 17.1 Å². The summed E-state index contributed by atoms with van der Waals surface area (Å²) in [4.78, 5) is 36.0. The molecule has 0 unspecified atom stereocenters. The van der Waals surface area contributed by atoms with Crippen LogP contribution in [0.5, 0.6) is 5.75 Å². The summed E-state index contributed by atoms with van der Waals surface area (Å²) in [6, 6.07) is 15.8. The van der Waals surface area contributed by atoms with Gasteiger partial charge in [0, 0.05) is 23.5 Å². The van der Waals surface area contributed by atoms with E-state index in [0.29, 0.717) is 22.5 Å². The third-order valence-electron chi connectivity index (χ3n) is 4.40. The van der Waals surface area contributed by atoms with E-state index in [9.17, 15) is 9.59 Å². The molecule has 0 spiro atoms. The van der Waals surface area contributed by atoms with Crippen molar-refractivity contribution < 1.29 is 19.1 Å². The lowest BCUT2D eigenvalue weighted by molar-refractivity contribution is 0.0475. The van der Waals surface area contributed by atoms with Crippen LogP contribution in [0.1, 0.15) is 20.7 Å². The molecule has 0 atom stereocenters. The van der Waals surface area contributed by atoms with Crippen LogP contribution in [0.25, 0.3) is 22.4 Å². The van der Waals surface area contributed by atoms with E-state index in [1.165, 1.54) is 6.20 Å². The quantitative estimate of drug-likeness (QED) is 0.401. The van der Waals surface area contributed by atoms with Crippen molar-refractivity contribution in [3.05, 3.63) is 78.1 Å². The second kappa shape index (κ2) is 7.93. The van der Waals surface area contributed by atoms with Crippen LogP contribution in [0.15, 0.2) is 67.0 Å². The van der Waals surface area contributed by atoms with E-state index in [-0.39, 0.29) is 12.4 Å². The zero-order valence-electron chi connectivity index (χ0n) is 15.6. The largest absolute Gasteiger partial charge is 0.497 e. The van der Waals surface area contributed by atoms with Gasteiger partial charge in [-0.1, -0.05) is 0 Å². The van der Waals surface area contributed by atoms with E-state index >= 15 is 0 Å². The van der Waals surface area contributed by atoms with Crippen molar-refractivity contribution in [1.82, 2.24) is 15.0 Å². The van der Waals surface area contributed by atoms with E-state index in [1.54, 1.807) is 43.6 Å². The van der Waals surface area contributed by atoms with Gasteiger partial charge in [0.25, 0.3) is 0 Å². The number of benzene rings is 2. The van der Waals surface area contributed by atoms with Crippen LogP contribution >= 0.6 is 0 Å². The average molecular weight is 387 g/mol. The maximum absolute atomic E-state index is 12.3. The number of hydrogen-bond donors (Lipinski definition) is 1. The van der Waals surface area contributed by atoms with Gasteiger partial charge in [-0.3, -0.25) is 9.78 Å². The molecule has 0 bridgehead atoms. The predicted octanol–water partition coefficient (Wildman–Crippen LogP) is 3.67. The Morgan fingerprint density at radius 2 is 1.86 bits per heavy atom. The number of nitrogens with zero attached hydrogens (tertiary/aromatic N) is 2. The maximum atomic E-state index is 12.3. The van der Waals surface area contributed by atoms with Crippen LogP contribution in [0.4, 0.5) is 0 Å². The number of Topliss-reactive ketones (excluding diaryl/α,β-unsaturated/α-hetero) is 1. The highest BCUT2D eigenvalue weighted by Gasteiger charge is 2.14. The lowest BCUT2D eigenvalue weighted by atomic mass is 10.2. The SMILES string of the molecule is COc1ccc(-c2nc3ccc(C(=O)OCC(=O)c4cccnc4)cc3[nH]2)cc1. The number of aromatic amines is 1. The molecule has 0 saturated heterocycles. The van der Waals surface area contributed by atoms with Gasteiger partial charge in [-0.25, -0.2) is 9.78 Å². The number of hydrogen-bond acceptors (Lipinski definition) is 6. The summed E-state index contributed by atoms with van der Waals surface area (Å²) in [5.41, 5.74) is 3.05. The number of methoxy groups -OCH3 is 1. The minimum absolute atomic E-state index is 0.309. The highest BCUT2D eigenvalue weighted by molar-refractivity contribution is 6.00. The molecule has 1 N–H and O–H groups in total. The monoisotopic (exact) mass is 387 g/mol. The Hall–Kier alpha value is -4.00. The number of aromatic nitrogens is 3. The summed E-state index contributed by atoms with van der Waals surface area (Å²) in [6.45, 7) is -0.345. The van der Waals surface area contributed by atoms with Gasteiger partial charge in [0.15, 0.2) is 6.61 Å². The fourth-order valence-electron chi connectivity index (χ4n) is 2.85. The maximum Gasteiger partial charge on any atom is 0.338 e. The molecule has 29 heavy (non-hydrogen) atoms. The number of rotatable bonds is 6. The van der Waals surface area contributed by atoms with Crippen LogP contribution in [0.2, 0.25) is 0 Å². The molecule has 0 aliphatic rings. The molecule has 7 nitrogen and oxygen atoms in total. The predicted molar refractivity (Wildman–Crippen MR) is 107 cm³/mol. The van der Waals surface area contributed by atoms with Crippen molar-refractivity contribution in [2.24, 2.45) is 0 Å².